The third-order valence-electron chi connectivity index (χ3n) is 5.14. The van der Waals surface area contributed by atoms with Crippen LogP contribution in [0.25, 0.3) is 0 Å². The summed E-state index contributed by atoms with van der Waals surface area (Å²) in [6.45, 7) is 3.31. The second kappa shape index (κ2) is 17.2. The highest BCUT2D eigenvalue weighted by Crippen LogP contribution is 2.28. The first-order chi connectivity index (χ1) is 15.0. The summed E-state index contributed by atoms with van der Waals surface area (Å²) in [7, 11) is 0. The van der Waals surface area contributed by atoms with Crippen LogP contribution >= 0.6 is 0 Å². The average Bonchev–Trinajstić information content (AvgIpc) is 3.06. The van der Waals surface area contributed by atoms with Crippen molar-refractivity contribution in [2.45, 2.75) is 109 Å². The van der Waals surface area contributed by atoms with Crippen LogP contribution in [0, 0.1) is 0 Å². The minimum Gasteiger partial charge on any atom is -0.484 e. The van der Waals surface area contributed by atoms with E-state index in [0.717, 1.165) is 19.3 Å². The number of carbonyl (C=O) groups excluding carboxylic acids is 1. The summed E-state index contributed by atoms with van der Waals surface area (Å²) in [6.07, 6.45) is 11.3. The van der Waals surface area contributed by atoms with Crippen molar-refractivity contribution < 1.29 is 39.4 Å². The van der Waals surface area contributed by atoms with Crippen molar-refractivity contribution in [2.75, 3.05) is 19.8 Å². The third kappa shape index (κ3) is 11.7. The van der Waals surface area contributed by atoms with Crippen LogP contribution < -0.4 is 0 Å². The van der Waals surface area contributed by atoms with Crippen molar-refractivity contribution >= 4 is 5.97 Å². The molecule has 0 amide bonds. The molecule has 1 unspecified atom stereocenters. The van der Waals surface area contributed by atoms with E-state index >= 15 is 0 Å². The van der Waals surface area contributed by atoms with Crippen molar-refractivity contribution in [3.63, 3.8) is 0 Å². The Morgan fingerprint density at radius 1 is 0.935 bits per heavy atom. The molecule has 182 valence electrons. The summed E-state index contributed by atoms with van der Waals surface area (Å²) in [4.78, 5) is 22.0. The highest BCUT2D eigenvalue weighted by molar-refractivity contribution is 5.89. The van der Waals surface area contributed by atoms with E-state index < -0.39 is 30.9 Å². The average molecular weight is 447 g/mol. The lowest BCUT2D eigenvalue weighted by Gasteiger charge is -2.17. The first-order valence-electron chi connectivity index (χ1n) is 11.9. The Kier molecular flexibility index (Phi) is 15.4. The molecule has 0 aromatic rings. The van der Waals surface area contributed by atoms with Crippen LogP contribution in [0.3, 0.4) is 0 Å². The molecule has 1 aliphatic heterocycles. The van der Waals surface area contributed by atoms with Crippen molar-refractivity contribution in [1.82, 2.24) is 0 Å². The molecule has 0 saturated carbocycles. The van der Waals surface area contributed by atoms with E-state index in [-0.39, 0.29) is 18.1 Å². The normalized spacial score (nSPS) is 18.2. The third-order valence-corrected chi connectivity index (χ3v) is 5.14. The lowest BCUT2D eigenvalue weighted by atomic mass is 10.1. The predicted octanol–water partition coefficient (Wildman–Crippen LogP) is 3.52. The molecule has 31 heavy (non-hydrogen) atoms. The van der Waals surface area contributed by atoms with Crippen LogP contribution in [0.1, 0.15) is 90.9 Å². The number of cyclic esters (lactones) is 1. The van der Waals surface area contributed by atoms with Gasteiger partial charge in [0.05, 0.1) is 19.3 Å². The van der Waals surface area contributed by atoms with Gasteiger partial charge in [-0.25, -0.2) is 4.79 Å². The maximum atomic E-state index is 12.1. The molecule has 0 fully saturated rings. The summed E-state index contributed by atoms with van der Waals surface area (Å²) < 4.78 is 10.6. The zero-order chi connectivity index (χ0) is 22.9. The van der Waals surface area contributed by atoms with Crippen LogP contribution in [0.5, 0.6) is 0 Å². The Labute approximate surface area is 186 Å². The summed E-state index contributed by atoms with van der Waals surface area (Å²) in [5.41, 5.74) is 0. The Morgan fingerprint density at radius 2 is 1.48 bits per heavy atom. The van der Waals surface area contributed by atoms with Gasteiger partial charge in [0, 0.05) is 0 Å². The van der Waals surface area contributed by atoms with E-state index in [2.05, 4.69) is 6.92 Å². The molecule has 0 spiro atoms. The number of hydrogen-bond acceptors (Lipinski definition) is 8. The predicted molar refractivity (Wildman–Crippen MR) is 116 cm³/mol. The van der Waals surface area contributed by atoms with E-state index in [1.807, 2.05) is 0 Å². The SMILES string of the molecule is CCCCCCCCCCCCCCOC1=C(OOCC(C)O)[C@@H]([C@@H](O)CO)OC1=O. The molecular weight excluding hydrogens is 404 g/mol. The molecular formula is C23H42O8. The standard InChI is InChI=1S/C23H42O8/c1-3-4-5-6-7-8-9-10-11-12-13-14-15-28-22-21(31-29-17-18(2)25)20(19(26)16-24)30-23(22)27/h18-20,24-26H,3-17H2,1-2H3/t18?,19-,20+/m0/s1. The molecule has 3 N–H and O–H groups in total. The Hall–Kier alpha value is -1.35. The number of unbranched alkanes of at least 4 members (excludes halogenated alkanes) is 11. The lowest BCUT2D eigenvalue weighted by Crippen LogP contribution is -2.32. The largest absolute Gasteiger partial charge is 0.484 e. The van der Waals surface area contributed by atoms with E-state index in [4.69, 9.17) is 24.4 Å². The van der Waals surface area contributed by atoms with Crippen LogP contribution in [0.4, 0.5) is 0 Å². The quantitative estimate of drug-likeness (QED) is 0.113. The van der Waals surface area contributed by atoms with Gasteiger partial charge in [-0.3, -0.25) is 0 Å². The fraction of sp³-hybridized carbons (Fsp3) is 0.870. The minimum atomic E-state index is -1.36. The Morgan fingerprint density at radius 3 is 2.00 bits per heavy atom. The molecule has 1 aliphatic rings. The van der Waals surface area contributed by atoms with Gasteiger partial charge in [0.1, 0.15) is 12.7 Å². The summed E-state index contributed by atoms with van der Waals surface area (Å²) >= 11 is 0. The fourth-order valence-corrected chi connectivity index (χ4v) is 3.33. The van der Waals surface area contributed by atoms with Gasteiger partial charge in [-0.05, 0) is 13.3 Å². The van der Waals surface area contributed by atoms with Gasteiger partial charge in [-0.15, -0.1) is 0 Å². The highest BCUT2D eigenvalue weighted by Gasteiger charge is 2.43. The maximum absolute atomic E-state index is 12.1. The van der Waals surface area contributed by atoms with Crippen LogP contribution in [-0.4, -0.2) is 59.4 Å². The minimum absolute atomic E-state index is 0.119. The molecule has 0 aromatic heterocycles. The number of aliphatic hydroxyl groups excluding tert-OH is 3. The first kappa shape index (κ1) is 27.7. The van der Waals surface area contributed by atoms with Gasteiger partial charge in [-0.2, -0.15) is 4.89 Å². The molecule has 1 heterocycles. The van der Waals surface area contributed by atoms with Crippen molar-refractivity contribution in [2.24, 2.45) is 0 Å². The molecule has 0 bridgehead atoms. The van der Waals surface area contributed by atoms with E-state index in [9.17, 15) is 15.0 Å². The number of carbonyl (C=O) groups is 1. The second-order valence-corrected chi connectivity index (χ2v) is 8.22. The van der Waals surface area contributed by atoms with Gasteiger partial charge in [0.25, 0.3) is 5.76 Å². The molecule has 3 atom stereocenters. The second-order valence-electron chi connectivity index (χ2n) is 8.22. The number of ether oxygens (including phenoxy) is 2. The number of rotatable bonds is 20. The fourth-order valence-electron chi connectivity index (χ4n) is 3.33. The molecule has 0 aliphatic carbocycles. The maximum Gasteiger partial charge on any atom is 0.378 e. The number of aliphatic hydroxyl groups is 3. The zero-order valence-electron chi connectivity index (χ0n) is 19.2. The van der Waals surface area contributed by atoms with E-state index in [1.165, 1.54) is 64.7 Å². The molecule has 8 heteroatoms. The van der Waals surface area contributed by atoms with Gasteiger partial charge >= 0.3 is 5.97 Å². The Bertz CT molecular complexity index is 506. The van der Waals surface area contributed by atoms with Crippen molar-refractivity contribution in [1.29, 1.82) is 0 Å². The number of hydrogen-bond donors (Lipinski definition) is 3. The first-order valence-corrected chi connectivity index (χ1v) is 11.9. The smallest absolute Gasteiger partial charge is 0.378 e. The van der Waals surface area contributed by atoms with Gasteiger partial charge in [-0.1, -0.05) is 77.6 Å². The monoisotopic (exact) mass is 446 g/mol. The van der Waals surface area contributed by atoms with Crippen LogP contribution in [-0.2, 0) is 24.0 Å². The van der Waals surface area contributed by atoms with Gasteiger partial charge in [0.2, 0.25) is 5.76 Å². The summed E-state index contributed by atoms with van der Waals surface area (Å²) in [5, 5.41) is 28.3. The molecule has 0 radical (unpaired) electrons. The number of esters is 1. The van der Waals surface area contributed by atoms with Crippen molar-refractivity contribution in [3.8, 4) is 0 Å². The molecule has 0 aromatic carbocycles. The summed E-state index contributed by atoms with van der Waals surface area (Å²) in [5.74, 6) is -1.05. The molecule has 1 rings (SSSR count). The molecule has 0 saturated heterocycles. The van der Waals surface area contributed by atoms with E-state index in [0.29, 0.717) is 6.61 Å². The lowest BCUT2D eigenvalue weighted by molar-refractivity contribution is -0.284. The van der Waals surface area contributed by atoms with Crippen LogP contribution in [0.15, 0.2) is 11.5 Å². The van der Waals surface area contributed by atoms with Gasteiger partial charge in [0.15, 0.2) is 6.10 Å². The Balaban J connectivity index is 2.26. The van der Waals surface area contributed by atoms with Crippen LogP contribution in [0.2, 0.25) is 0 Å². The summed E-state index contributed by atoms with van der Waals surface area (Å²) in [6, 6.07) is 0. The highest BCUT2D eigenvalue weighted by atomic mass is 17.2. The van der Waals surface area contributed by atoms with E-state index in [1.54, 1.807) is 0 Å². The van der Waals surface area contributed by atoms with Gasteiger partial charge < -0.3 is 29.7 Å². The van der Waals surface area contributed by atoms with Crippen molar-refractivity contribution in [3.05, 3.63) is 11.5 Å². The molecule has 8 nitrogen and oxygen atoms in total. The topological polar surface area (TPSA) is 115 Å². The zero-order valence-corrected chi connectivity index (χ0v) is 19.2.